The van der Waals surface area contributed by atoms with Crippen LogP contribution in [0, 0.1) is 5.82 Å². The van der Waals surface area contributed by atoms with Gasteiger partial charge in [0.05, 0.1) is 0 Å². The van der Waals surface area contributed by atoms with Gasteiger partial charge in [-0.3, -0.25) is 10.1 Å². The second kappa shape index (κ2) is 7.33. The molecule has 0 spiro atoms. The fourth-order valence-electron chi connectivity index (χ4n) is 1.65. The van der Waals surface area contributed by atoms with Crippen molar-refractivity contribution in [1.82, 2.24) is 5.32 Å². The highest BCUT2D eigenvalue weighted by molar-refractivity contribution is 7.80. The van der Waals surface area contributed by atoms with Gasteiger partial charge < -0.3 is 10.4 Å². The maximum absolute atomic E-state index is 12.7. The smallest absolute Gasteiger partial charge is 0.250 e. The minimum atomic E-state index is -0.415. The molecule has 0 aliphatic rings. The molecule has 0 saturated heterocycles. The van der Waals surface area contributed by atoms with Crippen LogP contribution in [0.5, 0.6) is 5.75 Å². The molecule has 0 radical (unpaired) electrons. The number of aromatic hydroxyl groups is 1. The molecule has 0 bridgehead atoms. The Bertz CT molecular complexity index is 714. The molecule has 0 fully saturated rings. The number of phenolic OH excluding ortho intramolecular Hbond substituents is 1. The fraction of sp³-hybridized carbons (Fsp3) is 0. The zero-order chi connectivity index (χ0) is 15.9. The van der Waals surface area contributed by atoms with Crippen molar-refractivity contribution in [3.05, 3.63) is 66.0 Å². The van der Waals surface area contributed by atoms with Crippen LogP contribution < -0.4 is 10.6 Å². The van der Waals surface area contributed by atoms with E-state index in [-0.39, 0.29) is 16.7 Å². The molecule has 2 rings (SSSR count). The van der Waals surface area contributed by atoms with Gasteiger partial charge in [-0.25, -0.2) is 4.39 Å². The van der Waals surface area contributed by atoms with Crippen LogP contribution >= 0.6 is 12.2 Å². The molecule has 3 N–H and O–H groups in total. The molecule has 2 aromatic rings. The third-order valence-corrected chi connectivity index (χ3v) is 2.84. The fourth-order valence-corrected chi connectivity index (χ4v) is 1.86. The van der Waals surface area contributed by atoms with E-state index in [4.69, 9.17) is 12.2 Å². The molecular formula is C16H13FN2O2S. The highest BCUT2D eigenvalue weighted by Gasteiger charge is 2.02. The van der Waals surface area contributed by atoms with Crippen molar-refractivity contribution in [3.8, 4) is 5.75 Å². The van der Waals surface area contributed by atoms with Crippen molar-refractivity contribution >= 4 is 35.0 Å². The molecule has 0 unspecified atom stereocenters. The van der Waals surface area contributed by atoms with E-state index >= 15 is 0 Å². The molecule has 2 aromatic carbocycles. The molecule has 6 heteroatoms. The minimum absolute atomic E-state index is 0.0929. The lowest BCUT2D eigenvalue weighted by Gasteiger charge is -2.08. The SMILES string of the molecule is O=C(C=Cc1ccc(F)cc1)NC(=S)Nc1cccc(O)c1. The van der Waals surface area contributed by atoms with E-state index in [1.807, 2.05) is 0 Å². The Morgan fingerprint density at radius 1 is 1.18 bits per heavy atom. The van der Waals surface area contributed by atoms with Crippen molar-refractivity contribution in [2.24, 2.45) is 0 Å². The largest absolute Gasteiger partial charge is 0.508 e. The van der Waals surface area contributed by atoms with Gasteiger partial charge in [0, 0.05) is 17.8 Å². The number of nitrogens with one attached hydrogen (secondary N) is 2. The van der Waals surface area contributed by atoms with Crippen molar-refractivity contribution in [2.45, 2.75) is 0 Å². The Kier molecular flexibility index (Phi) is 5.21. The lowest BCUT2D eigenvalue weighted by atomic mass is 10.2. The first-order valence-electron chi connectivity index (χ1n) is 6.37. The molecule has 4 nitrogen and oxygen atoms in total. The van der Waals surface area contributed by atoms with Gasteiger partial charge in [0.1, 0.15) is 11.6 Å². The molecule has 0 atom stereocenters. The molecule has 0 aromatic heterocycles. The van der Waals surface area contributed by atoms with Crippen LogP contribution in [0.1, 0.15) is 5.56 Å². The number of thiocarbonyl (C=S) groups is 1. The van der Waals surface area contributed by atoms with Crippen LogP contribution in [-0.4, -0.2) is 16.1 Å². The molecule has 112 valence electrons. The maximum atomic E-state index is 12.7. The first-order chi connectivity index (χ1) is 10.5. The summed E-state index contributed by atoms with van der Waals surface area (Å²) in [5.74, 6) is -0.657. The van der Waals surface area contributed by atoms with E-state index < -0.39 is 5.91 Å². The summed E-state index contributed by atoms with van der Waals surface area (Å²) in [7, 11) is 0. The lowest BCUT2D eigenvalue weighted by Crippen LogP contribution is -2.32. The van der Waals surface area contributed by atoms with E-state index in [0.717, 1.165) is 0 Å². The molecule has 1 amide bonds. The van der Waals surface area contributed by atoms with E-state index in [1.165, 1.54) is 30.3 Å². The van der Waals surface area contributed by atoms with Crippen molar-refractivity contribution in [2.75, 3.05) is 5.32 Å². The predicted octanol–water partition coefficient (Wildman–Crippen LogP) is 3.06. The molecule has 0 aliphatic heterocycles. The number of halogens is 1. The zero-order valence-corrected chi connectivity index (χ0v) is 12.2. The summed E-state index contributed by atoms with van der Waals surface area (Å²) in [6.45, 7) is 0. The van der Waals surface area contributed by atoms with Crippen LogP contribution in [0.25, 0.3) is 6.08 Å². The summed E-state index contributed by atoms with van der Waals surface area (Å²) in [4.78, 5) is 11.7. The normalized spacial score (nSPS) is 10.4. The van der Waals surface area contributed by atoms with Crippen LogP contribution in [0.3, 0.4) is 0 Å². The number of hydrogen-bond acceptors (Lipinski definition) is 3. The van der Waals surface area contributed by atoms with Crippen LogP contribution in [0.4, 0.5) is 10.1 Å². The van der Waals surface area contributed by atoms with Gasteiger partial charge in [-0.1, -0.05) is 18.2 Å². The van der Waals surface area contributed by atoms with Gasteiger partial charge in [-0.05, 0) is 48.1 Å². The third-order valence-electron chi connectivity index (χ3n) is 2.64. The quantitative estimate of drug-likeness (QED) is 0.602. The van der Waals surface area contributed by atoms with Crippen molar-refractivity contribution in [3.63, 3.8) is 0 Å². The van der Waals surface area contributed by atoms with E-state index in [0.29, 0.717) is 11.3 Å². The number of rotatable bonds is 3. The highest BCUT2D eigenvalue weighted by atomic mass is 32.1. The monoisotopic (exact) mass is 316 g/mol. The van der Waals surface area contributed by atoms with Gasteiger partial charge in [0.15, 0.2) is 5.11 Å². The minimum Gasteiger partial charge on any atom is -0.508 e. The number of phenols is 1. The first-order valence-corrected chi connectivity index (χ1v) is 6.78. The summed E-state index contributed by atoms with van der Waals surface area (Å²) in [5.41, 5.74) is 1.26. The van der Waals surface area contributed by atoms with Gasteiger partial charge in [0.2, 0.25) is 5.91 Å². The van der Waals surface area contributed by atoms with Gasteiger partial charge >= 0.3 is 0 Å². The molecule has 0 saturated carbocycles. The van der Waals surface area contributed by atoms with E-state index in [9.17, 15) is 14.3 Å². The number of hydrogen-bond donors (Lipinski definition) is 3. The summed E-state index contributed by atoms with van der Waals surface area (Å²) in [5, 5.41) is 14.7. The predicted molar refractivity (Wildman–Crippen MR) is 87.9 cm³/mol. The number of carbonyl (C=O) groups is 1. The zero-order valence-electron chi connectivity index (χ0n) is 11.4. The van der Waals surface area contributed by atoms with Gasteiger partial charge in [0.25, 0.3) is 0 Å². The van der Waals surface area contributed by atoms with Crippen LogP contribution in [0.15, 0.2) is 54.6 Å². The molecular weight excluding hydrogens is 303 g/mol. The third kappa shape index (κ3) is 4.99. The number of carbonyl (C=O) groups excluding carboxylic acids is 1. The maximum Gasteiger partial charge on any atom is 0.250 e. The number of benzene rings is 2. The van der Waals surface area contributed by atoms with Gasteiger partial charge in [-0.2, -0.15) is 0 Å². The second-order valence-electron chi connectivity index (χ2n) is 4.38. The Morgan fingerprint density at radius 2 is 1.91 bits per heavy atom. The summed E-state index contributed by atoms with van der Waals surface area (Å²) >= 11 is 5.00. The Balaban J connectivity index is 1.88. The molecule has 0 aliphatic carbocycles. The average molecular weight is 316 g/mol. The topological polar surface area (TPSA) is 61.4 Å². The van der Waals surface area contributed by atoms with E-state index in [2.05, 4.69) is 10.6 Å². The molecule has 0 heterocycles. The highest BCUT2D eigenvalue weighted by Crippen LogP contribution is 2.15. The number of anilines is 1. The van der Waals surface area contributed by atoms with Crippen LogP contribution in [0.2, 0.25) is 0 Å². The molecule has 22 heavy (non-hydrogen) atoms. The average Bonchev–Trinajstić information content (AvgIpc) is 2.46. The van der Waals surface area contributed by atoms with Crippen molar-refractivity contribution < 1.29 is 14.3 Å². The van der Waals surface area contributed by atoms with Crippen molar-refractivity contribution in [1.29, 1.82) is 0 Å². The first kappa shape index (κ1) is 15.7. The summed E-state index contributed by atoms with van der Waals surface area (Å²) in [6.07, 6.45) is 2.84. The Labute approximate surface area is 132 Å². The second-order valence-corrected chi connectivity index (χ2v) is 4.79. The summed E-state index contributed by atoms with van der Waals surface area (Å²) < 4.78 is 12.7. The van der Waals surface area contributed by atoms with Gasteiger partial charge in [-0.15, -0.1) is 0 Å². The standard InChI is InChI=1S/C16H13FN2O2S/c17-12-7-4-11(5-8-12)6-9-15(21)19-16(22)18-13-2-1-3-14(20)10-13/h1-10,20H,(H2,18,19,21,22). The summed E-state index contributed by atoms with van der Waals surface area (Å²) in [6, 6.07) is 12.1. The van der Waals surface area contributed by atoms with E-state index in [1.54, 1.807) is 30.3 Å². The number of amides is 1. The Morgan fingerprint density at radius 3 is 2.59 bits per heavy atom. The Hall–Kier alpha value is -2.73. The van der Waals surface area contributed by atoms with Crippen LogP contribution in [-0.2, 0) is 4.79 Å². The lowest BCUT2D eigenvalue weighted by molar-refractivity contribution is -0.115.